The average molecular weight is 377 g/mol. The van der Waals surface area contributed by atoms with E-state index in [4.69, 9.17) is 0 Å². The SMILES string of the molecule is CCCCCCCCCCCCCCCC=CC1(O)C=CC=CC1C(=O)O. The molecule has 0 saturated heterocycles. The molecular formula is C24H40O3. The smallest absolute Gasteiger partial charge is 0.314 e. The van der Waals surface area contributed by atoms with Gasteiger partial charge < -0.3 is 10.2 Å². The first kappa shape index (κ1) is 23.7. The minimum atomic E-state index is -1.39. The first-order valence-electron chi connectivity index (χ1n) is 11.1. The normalized spacial score (nSPS) is 21.9. The molecule has 0 radical (unpaired) electrons. The zero-order valence-corrected chi connectivity index (χ0v) is 17.2. The molecule has 27 heavy (non-hydrogen) atoms. The molecule has 1 aliphatic carbocycles. The van der Waals surface area contributed by atoms with E-state index in [9.17, 15) is 15.0 Å². The minimum absolute atomic E-state index is 0.893. The van der Waals surface area contributed by atoms with Crippen LogP contribution in [0, 0.1) is 5.92 Å². The monoisotopic (exact) mass is 376 g/mol. The van der Waals surface area contributed by atoms with Crippen LogP contribution < -0.4 is 0 Å². The van der Waals surface area contributed by atoms with Crippen LogP contribution in [-0.4, -0.2) is 21.8 Å². The van der Waals surface area contributed by atoms with E-state index in [1.165, 1.54) is 83.1 Å². The number of hydrogen-bond acceptors (Lipinski definition) is 2. The number of hydrogen-bond donors (Lipinski definition) is 2. The van der Waals surface area contributed by atoms with Gasteiger partial charge in [0.1, 0.15) is 11.5 Å². The van der Waals surface area contributed by atoms with Crippen LogP contribution in [-0.2, 0) is 4.79 Å². The molecule has 3 nitrogen and oxygen atoms in total. The van der Waals surface area contributed by atoms with Gasteiger partial charge >= 0.3 is 5.97 Å². The molecule has 1 aliphatic rings. The predicted octanol–water partition coefficient (Wildman–Crippen LogP) is 6.58. The van der Waals surface area contributed by atoms with Gasteiger partial charge in [-0.3, -0.25) is 4.79 Å². The zero-order valence-electron chi connectivity index (χ0n) is 17.2. The number of carboxylic acids is 1. The highest BCUT2D eigenvalue weighted by atomic mass is 16.4. The van der Waals surface area contributed by atoms with Crippen LogP contribution in [0.25, 0.3) is 0 Å². The molecule has 0 aromatic heterocycles. The third-order valence-electron chi connectivity index (χ3n) is 5.40. The minimum Gasteiger partial charge on any atom is -0.481 e. The Morgan fingerprint density at radius 3 is 1.93 bits per heavy atom. The number of rotatable bonds is 16. The number of carboxylic acid groups (broad SMARTS) is 1. The third-order valence-corrected chi connectivity index (χ3v) is 5.40. The van der Waals surface area contributed by atoms with Crippen LogP contribution in [0.5, 0.6) is 0 Å². The summed E-state index contributed by atoms with van der Waals surface area (Å²) in [5.41, 5.74) is -1.39. The van der Waals surface area contributed by atoms with Crippen LogP contribution in [0.15, 0.2) is 36.5 Å². The maximum absolute atomic E-state index is 11.3. The number of aliphatic carboxylic acids is 1. The van der Waals surface area contributed by atoms with Gasteiger partial charge in [0.25, 0.3) is 0 Å². The highest BCUT2D eigenvalue weighted by Gasteiger charge is 2.36. The van der Waals surface area contributed by atoms with E-state index in [-0.39, 0.29) is 0 Å². The summed E-state index contributed by atoms with van der Waals surface area (Å²) < 4.78 is 0. The Morgan fingerprint density at radius 1 is 0.889 bits per heavy atom. The fourth-order valence-corrected chi connectivity index (χ4v) is 3.63. The predicted molar refractivity (Wildman–Crippen MR) is 114 cm³/mol. The summed E-state index contributed by atoms with van der Waals surface area (Å²) in [6.45, 7) is 2.26. The lowest BCUT2D eigenvalue weighted by atomic mass is 9.83. The van der Waals surface area contributed by atoms with E-state index >= 15 is 0 Å². The number of unbranched alkanes of at least 4 members (excludes halogenated alkanes) is 13. The van der Waals surface area contributed by atoms with E-state index in [0.717, 1.165) is 12.8 Å². The summed E-state index contributed by atoms with van der Waals surface area (Å²) in [5.74, 6) is -1.89. The summed E-state index contributed by atoms with van der Waals surface area (Å²) in [4.78, 5) is 11.3. The van der Waals surface area contributed by atoms with Gasteiger partial charge in [0.2, 0.25) is 0 Å². The molecule has 1 rings (SSSR count). The van der Waals surface area contributed by atoms with Gasteiger partial charge in [-0.05, 0) is 18.9 Å². The lowest BCUT2D eigenvalue weighted by molar-refractivity contribution is -0.144. The molecule has 0 amide bonds. The van der Waals surface area contributed by atoms with E-state index in [1.54, 1.807) is 24.3 Å². The van der Waals surface area contributed by atoms with Crippen LogP contribution in [0.2, 0.25) is 0 Å². The van der Waals surface area contributed by atoms with E-state index in [1.807, 2.05) is 6.08 Å². The standard InChI is InChI=1S/C24H40O3/c1-2-3-4-5-6-7-8-9-10-11-12-13-14-15-17-20-24(27)21-18-16-19-22(24)23(25)26/h16-22,27H,2-15H2,1H3,(H,25,26). The Bertz CT molecular complexity index is 478. The summed E-state index contributed by atoms with van der Waals surface area (Å²) >= 11 is 0. The summed E-state index contributed by atoms with van der Waals surface area (Å²) in [5, 5.41) is 19.7. The lowest BCUT2D eigenvalue weighted by Crippen LogP contribution is -2.38. The van der Waals surface area contributed by atoms with Crippen LogP contribution in [0.3, 0.4) is 0 Å². The maximum atomic E-state index is 11.3. The topological polar surface area (TPSA) is 57.5 Å². The van der Waals surface area contributed by atoms with Crippen LogP contribution >= 0.6 is 0 Å². The zero-order chi connectivity index (χ0) is 19.8. The molecule has 0 aromatic rings. The molecule has 2 atom stereocenters. The first-order valence-corrected chi connectivity index (χ1v) is 11.1. The molecular weight excluding hydrogens is 336 g/mol. The van der Waals surface area contributed by atoms with Crippen LogP contribution in [0.4, 0.5) is 0 Å². The van der Waals surface area contributed by atoms with Gasteiger partial charge in [-0.1, -0.05) is 114 Å². The second-order valence-corrected chi connectivity index (χ2v) is 7.88. The van der Waals surface area contributed by atoms with Crippen molar-refractivity contribution in [3.05, 3.63) is 36.5 Å². The van der Waals surface area contributed by atoms with Gasteiger partial charge in [0.15, 0.2) is 0 Å². The maximum Gasteiger partial charge on any atom is 0.314 e. The van der Waals surface area contributed by atoms with Gasteiger partial charge in [0, 0.05) is 0 Å². The summed E-state index contributed by atoms with van der Waals surface area (Å²) in [6.07, 6.45) is 28.3. The van der Waals surface area contributed by atoms with Crippen molar-refractivity contribution in [3.63, 3.8) is 0 Å². The lowest BCUT2D eigenvalue weighted by Gasteiger charge is -2.27. The quantitative estimate of drug-likeness (QED) is 0.236. The first-order chi connectivity index (χ1) is 13.1. The fourth-order valence-electron chi connectivity index (χ4n) is 3.63. The number of allylic oxidation sites excluding steroid dienone is 3. The molecule has 0 bridgehead atoms. The van der Waals surface area contributed by atoms with E-state index in [0.29, 0.717) is 0 Å². The molecule has 2 N–H and O–H groups in total. The Hall–Kier alpha value is -1.35. The fraction of sp³-hybridized carbons (Fsp3) is 0.708. The molecule has 0 spiro atoms. The third kappa shape index (κ3) is 10.5. The van der Waals surface area contributed by atoms with Crippen LogP contribution in [0.1, 0.15) is 96.8 Å². The van der Waals surface area contributed by atoms with Gasteiger partial charge in [0.05, 0.1) is 0 Å². The van der Waals surface area contributed by atoms with Crippen molar-refractivity contribution < 1.29 is 15.0 Å². The second kappa shape index (κ2) is 14.7. The van der Waals surface area contributed by atoms with Crippen molar-refractivity contribution in [1.82, 2.24) is 0 Å². The van der Waals surface area contributed by atoms with Crippen molar-refractivity contribution >= 4 is 5.97 Å². The average Bonchev–Trinajstić information content (AvgIpc) is 2.65. The molecule has 154 valence electrons. The van der Waals surface area contributed by atoms with Gasteiger partial charge in [-0.2, -0.15) is 0 Å². The van der Waals surface area contributed by atoms with E-state index < -0.39 is 17.5 Å². The highest BCUT2D eigenvalue weighted by molar-refractivity contribution is 5.75. The molecule has 3 heteroatoms. The van der Waals surface area contributed by atoms with Crippen molar-refractivity contribution in [2.75, 3.05) is 0 Å². The Balaban J connectivity index is 1.98. The summed E-state index contributed by atoms with van der Waals surface area (Å²) in [7, 11) is 0. The molecule has 0 aliphatic heterocycles. The van der Waals surface area contributed by atoms with Gasteiger partial charge in [-0.15, -0.1) is 0 Å². The Labute approximate surface area is 166 Å². The summed E-state index contributed by atoms with van der Waals surface area (Å²) in [6, 6.07) is 0. The molecule has 0 aromatic carbocycles. The van der Waals surface area contributed by atoms with Gasteiger partial charge in [-0.25, -0.2) is 0 Å². The van der Waals surface area contributed by atoms with Crippen molar-refractivity contribution in [2.45, 2.75) is 102 Å². The van der Waals surface area contributed by atoms with Crippen molar-refractivity contribution in [1.29, 1.82) is 0 Å². The molecule has 0 heterocycles. The Morgan fingerprint density at radius 2 is 1.41 bits per heavy atom. The molecule has 0 saturated carbocycles. The Kier molecular flexibility index (Phi) is 12.9. The molecule has 0 fully saturated rings. The second-order valence-electron chi connectivity index (χ2n) is 7.88. The molecule has 2 unspecified atom stereocenters. The largest absolute Gasteiger partial charge is 0.481 e. The van der Waals surface area contributed by atoms with Crippen molar-refractivity contribution in [2.24, 2.45) is 5.92 Å². The van der Waals surface area contributed by atoms with Crippen molar-refractivity contribution in [3.8, 4) is 0 Å². The van der Waals surface area contributed by atoms with E-state index in [2.05, 4.69) is 6.92 Å². The number of carbonyl (C=O) groups is 1. The number of aliphatic hydroxyl groups is 1. The highest BCUT2D eigenvalue weighted by Crippen LogP contribution is 2.26.